The van der Waals surface area contributed by atoms with E-state index >= 15 is 0 Å². The second-order valence-corrected chi connectivity index (χ2v) is 4.12. The predicted octanol–water partition coefficient (Wildman–Crippen LogP) is 1.25. The maximum atomic E-state index is 11.0. The number of aromatic nitrogens is 3. The Morgan fingerprint density at radius 1 is 1.60 bits per heavy atom. The molecule has 0 spiro atoms. The van der Waals surface area contributed by atoms with Gasteiger partial charge in [-0.15, -0.1) is 0 Å². The first-order valence-corrected chi connectivity index (χ1v) is 5.86. The van der Waals surface area contributed by atoms with Gasteiger partial charge in [-0.05, 0) is 18.1 Å². The molecule has 0 aliphatic carbocycles. The van der Waals surface area contributed by atoms with E-state index in [1.165, 1.54) is 12.3 Å². The monoisotopic (exact) mass is 272 g/mol. The van der Waals surface area contributed by atoms with E-state index in [-0.39, 0.29) is 17.1 Å². The number of anilines is 1. The van der Waals surface area contributed by atoms with Crippen molar-refractivity contribution < 1.29 is 4.92 Å². The molecule has 0 fully saturated rings. The van der Waals surface area contributed by atoms with Gasteiger partial charge in [0, 0.05) is 26.0 Å². The topological polar surface area (TPSA) is 110 Å². The fourth-order valence-corrected chi connectivity index (χ4v) is 1.78. The highest BCUT2D eigenvalue weighted by molar-refractivity contribution is 5.64. The Morgan fingerprint density at radius 2 is 2.40 bits per heavy atom. The van der Waals surface area contributed by atoms with E-state index in [0.29, 0.717) is 13.0 Å². The molecule has 2 heterocycles. The minimum Gasteiger partial charge on any atom is -0.364 e. The minimum atomic E-state index is -0.599. The van der Waals surface area contributed by atoms with Crippen LogP contribution in [0.2, 0.25) is 0 Å². The van der Waals surface area contributed by atoms with Crippen molar-refractivity contribution in [1.29, 1.82) is 5.26 Å². The van der Waals surface area contributed by atoms with Crippen molar-refractivity contribution in [2.45, 2.75) is 6.42 Å². The van der Waals surface area contributed by atoms with Gasteiger partial charge in [0.25, 0.3) is 0 Å². The van der Waals surface area contributed by atoms with Gasteiger partial charge < -0.3 is 5.32 Å². The van der Waals surface area contributed by atoms with Crippen molar-refractivity contribution in [2.24, 2.45) is 7.05 Å². The molecule has 0 aliphatic rings. The third-order valence-corrected chi connectivity index (χ3v) is 2.69. The quantitative estimate of drug-likeness (QED) is 0.648. The van der Waals surface area contributed by atoms with Gasteiger partial charge in [0.1, 0.15) is 11.6 Å². The normalized spacial score (nSPS) is 10.0. The molecule has 8 nitrogen and oxygen atoms in total. The summed E-state index contributed by atoms with van der Waals surface area (Å²) >= 11 is 0. The number of hydrogen-bond donors (Lipinski definition) is 1. The molecule has 1 N–H and O–H groups in total. The van der Waals surface area contributed by atoms with Crippen molar-refractivity contribution in [2.75, 3.05) is 11.9 Å². The second-order valence-electron chi connectivity index (χ2n) is 4.12. The number of rotatable bonds is 5. The van der Waals surface area contributed by atoms with Gasteiger partial charge in [0.15, 0.2) is 0 Å². The van der Waals surface area contributed by atoms with E-state index in [0.717, 1.165) is 5.56 Å². The summed E-state index contributed by atoms with van der Waals surface area (Å²) in [6.07, 6.45) is 5.63. The van der Waals surface area contributed by atoms with Crippen LogP contribution in [0.5, 0.6) is 0 Å². The molecule has 0 atom stereocenters. The summed E-state index contributed by atoms with van der Waals surface area (Å²) in [5.41, 5.74) is 0.717. The molecule has 8 heteroatoms. The number of hydrogen-bond acceptors (Lipinski definition) is 6. The van der Waals surface area contributed by atoms with Gasteiger partial charge in [0.05, 0.1) is 11.1 Å². The molecular formula is C12H12N6O2. The Bertz CT molecular complexity index is 673. The fourth-order valence-electron chi connectivity index (χ4n) is 1.78. The molecule has 102 valence electrons. The standard InChI is InChI=1S/C12H12N6O2/c1-17-8-9(7-16-17)2-4-14-12-11(18(19)20)10(6-13)3-5-15-12/h3,5,7-8H,2,4H2,1H3,(H,14,15). The van der Waals surface area contributed by atoms with Gasteiger partial charge in [-0.3, -0.25) is 14.8 Å². The minimum absolute atomic E-state index is 0.00567. The second kappa shape index (κ2) is 5.79. The van der Waals surface area contributed by atoms with Crippen LogP contribution in [0.25, 0.3) is 0 Å². The van der Waals surface area contributed by atoms with Crippen LogP contribution >= 0.6 is 0 Å². The Morgan fingerprint density at radius 3 is 3.00 bits per heavy atom. The van der Waals surface area contributed by atoms with Crippen molar-refractivity contribution >= 4 is 11.5 Å². The molecule has 20 heavy (non-hydrogen) atoms. The molecule has 0 amide bonds. The average Bonchev–Trinajstić information content (AvgIpc) is 2.83. The lowest BCUT2D eigenvalue weighted by Gasteiger charge is -2.05. The van der Waals surface area contributed by atoms with Gasteiger partial charge >= 0.3 is 5.69 Å². The van der Waals surface area contributed by atoms with E-state index < -0.39 is 4.92 Å². The highest BCUT2D eigenvalue weighted by Crippen LogP contribution is 2.25. The third-order valence-electron chi connectivity index (χ3n) is 2.69. The van der Waals surface area contributed by atoms with Gasteiger partial charge in [-0.25, -0.2) is 4.98 Å². The highest BCUT2D eigenvalue weighted by atomic mass is 16.6. The van der Waals surface area contributed by atoms with Crippen LogP contribution in [0.1, 0.15) is 11.1 Å². The Kier molecular flexibility index (Phi) is 3.91. The van der Waals surface area contributed by atoms with Crippen molar-refractivity contribution in [3.63, 3.8) is 0 Å². The average molecular weight is 272 g/mol. The molecule has 0 radical (unpaired) electrons. The third kappa shape index (κ3) is 2.89. The van der Waals surface area contributed by atoms with Crippen LogP contribution in [-0.4, -0.2) is 26.2 Å². The highest BCUT2D eigenvalue weighted by Gasteiger charge is 2.20. The zero-order chi connectivity index (χ0) is 14.5. The molecule has 2 rings (SSSR count). The van der Waals surface area contributed by atoms with Crippen LogP contribution in [-0.2, 0) is 13.5 Å². The Hall–Kier alpha value is -2.95. The molecule has 0 aromatic carbocycles. The number of nitriles is 1. The smallest absolute Gasteiger partial charge is 0.328 e. The number of nitrogens with zero attached hydrogens (tertiary/aromatic N) is 5. The van der Waals surface area contributed by atoms with E-state index in [1.54, 1.807) is 16.9 Å². The van der Waals surface area contributed by atoms with Gasteiger partial charge in [0.2, 0.25) is 5.82 Å². The first kappa shape index (κ1) is 13.5. The summed E-state index contributed by atoms with van der Waals surface area (Å²) in [7, 11) is 1.82. The van der Waals surface area contributed by atoms with Gasteiger partial charge in [-0.1, -0.05) is 0 Å². The molecular weight excluding hydrogens is 260 g/mol. The lowest BCUT2D eigenvalue weighted by atomic mass is 10.2. The largest absolute Gasteiger partial charge is 0.364 e. The Balaban J connectivity index is 2.10. The predicted molar refractivity (Wildman–Crippen MR) is 71.0 cm³/mol. The molecule has 0 unspecified atom stereocenters. The van der Waals surface area contributed by atoms with Crippen LogP contribution in [0.15, 0.2) is 24.7 Å². The van der Waals surface area contributed by atoms with E-state index in [4.69, 9.17) is 5.26 Å². The van der Waals surface area contributed by atoms with Crippen molar-refractivity contribution in [3.05, 3.63) is 45.9 Å². The number of nitro groups is 1. The van der Waals surface area contributed by atoms with E-state index in [1.807, 2.05) is 13.2 Å². The van der Waals surface area contributed by atoms with E-state index in [2.05, 4.69) is 15.4 Å². The fraction of sp³-hybridized carbons (Fsp3) is 0.250. The van der Waals surface area contributed by atoms with Crippen LogP contribution in [0.4, 0.5) is 11.5 Å². The summed E-state index contributed by atoms with van der Waals surface area (Å²) < 4.78 is 1.69. The zero-order valence-corrected chi connectivity index (χ0v) is 10.8. The van der Waals surface area contributed by atoms with Crippen LogP contribution < -0.4 is 5.32 Å². The zero-order valence-electron chi connectivity index (χ0n) is 10.8. The summed E-state index contributed by atoms with van der Waals surface area (Å²) in [4.78, 5) is 14.3. The lowest BCUT2D eigenvalue weighted by molar-refractivity contribution is -0.384. The summed E-state index contributed by atoms with van der Waals surface area (Å²) in [5, 5.41) is 26.8. The van der Waals surface area contributed by atoms with E-state index in [9.17, 15) is 10.1 Å². The van der Waals surface area contributed by atoms with Crippen molar-refractivity contribution in [1.82, 2.24) is 14.8 Å². The molecule has 0 saturated carbocycles. The number of nitrogens with one attached hydrogen (secondary N) is 1. The van der Waals surface area contributed by atoms with Crippen LogP contribution in [0, 0.1) is 21.4 Å². The molecule has 2 aromatic rings. The van der Waals surface area contributed by atoms with Gasteiger partial charge in [-0.2, -0.15) is 10.4 Å². The molecule has 0 bridgehead atoms. The number of pyridine rings is 1. The van der Waals surface area contributed by atoms with Crippen molar-refractivity contribution in [3.8, 4) is 6.07 Å². The molecule has 2 aromatic heterocycles. The maximum Gasteiger partial charge on any atom is 0.328 e. The maximum absolute atomic E-state index is 11.0. The summed E-state index contributed by atoms with van der Waals surface area (Å²) in [6, 6.07) is 3.12. The van der Waals surface area contributed by atoms with Crippen LogP contribution in [0.3, 0.4) is 0 Å². The molecule has 0 aliphatic heterocycles. The summed E-state index contributed by atoms with van der Waals surface area (Å²) in [5.74, 6) is 0.109. The lowest BCUT2D eigenvalue weighted by Crippen LogP contribution is -2.09. The first-order valence-electron chi connectivity index (χ1n) is 5.86. The SMILES string of the molecule is Cn1cc(CCNc2nccc(C#N)c2[N+](=O)[O-])cn1. The molecule has 0 saturated heterocycles. The first-order chi connectivity index (χ1) is 9.61. The number of aryl methyl sites for hydroxylation is 1. The summed E-state index contributed by atoms with van der Waals surface area (Å²) in [6.45, 7) is 0.467. The Labute approximate surface area is 114 Å².